The third-order valence-corrected chi connectivity index (χ3v) is 3.46. The second-order valence-corrected chi connectivity index (χ2v) is 5.64. The second-order valence-electron chi connectivity index (χ2n) is 5.64. The van der Waals surface area contributed by atoms with Crippen LogP contribution in [0.4, 0.5) is 0 Å². The number of hydrogen-bond donors (Lipinski definition) is 1. The van der Waals surface area contributed by atoms with E-state index in [-0.39, 0.29) is 5.54 Å². The Balaban J connectivity index is 2.27. The number of methoxy groups -OCH3 is 2. The molecule has 0 bridgehead atoms. The van der Waals surface area contributed by atoms with E-state index in [1.54, 1.807) is 14.2 Å². The van der Waals surface area contributed by atoms with Crippen molar-refractivity contribution in [1.82, 2.24) is 5.32 Å². The Morgan fingerprint density at radius 3 is 2.35 bits per heavy atom. The van der Waals surface area contributed by atoms with E-state index in [1.165, 1.54) is 10.9 Å². The monoisotopic (exact) mass is 273 g/mol. The molecular formula is C17H23NO2. The maximum Gasteiger partial charge on any atom is 0.126 e. The molecule has 2 rings (SSSR count). The van der Waals surface area contributed by atoms with Crippen molar-refractivity contribution >= 4 is 10.8 Å². The zero-order valence-electron chi connectivity index (χ0n) is 12.7. The van der Waals surface area contributed by atoms with Gasteiger partial charge in [0.25, 0.3) is 0 Å². The minimum atomic E-state index is -0.0459. The number of hydrogen-bond acceptors (Lipinski definition) is 3. The van der Waals surface area contributed by atoms with E-state index in [0.717, 1.165) is 17.7 Å². The summed E-state index contributed by atoms with van der Waals surface area (Å²) < 4.78 is 10.7. The van der Waals surface area contributed by atoms with E-state index in [4.69, 9.17) is 9.47 Å². The summed E-state index contributed by atoms with van der Waals surface area (Å²) in [5.41, 5.74) is 1.22. The molecule has 2 aromatic carbocycles. The van der Waals surface area contributed by atoms with E-state index >= 15 is 0 Å². The van der Waals surface area contributed by atoms with Gasteiger partial charge in [-0.05, 0) is 30.9 Å². The topological polar surface area (TPSA) is 30.5 Å². The Labute approximate surface area is 120 Å². The fourth-order valence-corrected chi connectivity index (χ4v) is 2.41. The fraction of sp³-hybridized carbons (Fsp3) is 0.412. The average molecular weight is 273 g/mol. The van der Waals surface area contributed by atoms with Gasteiger partial charge in [0.15, 0.2) is 0 Å². The van der Waals surface area contributed by atoms with Crippen molar-refractivity contribution in [2.75, 3.05) is 20.8 Å². The van der Waals surface area contributed by atoms with E-state index < -0.39 is 0 Å². The summed E-state index contributed by atoms with van der Waals surface area (Å²) in [5.74, 6) is 0.917. The van der Waals surface area contributed by atoms with Gasteiger partial charge >= 0.3 is 0 Å². The smallest absolute Gasteiger partial charge is 0.126 e. The summed E-state index contributed by atoms with van der Waals surface area (Å²) >= 11 is 0. The van der Waals surface area contributed by atoms with Crippen molar-refractivity contribution in [2.24, 2.45) is 0 Å². The molecule has 0 aliphatic heterocycles. The normalized spacial score (nSPS) is 11.8. The Morgan fingerprint density at radius 1 is 1.00 bits per heavy atom. The highest BCUT2D eigenvalue weighted by atomic mass is 16.5. The van der Waals surface area contributed by atoms with Gasteiger partial charge in [0.1, 0.15) is 5.75 Å². The summed E-state index contributed by atoms with van der Waals surface area (Å²) in [6.07, 6.45) is 0. The quantitative estimate of drug-likeness (QED) is 0.875. The first kappa shape index (κ1) is 14.8. The second kappa shape index (κ2) is 6.25. The Hall–Kier alpha value is -1.58. The molecule has 0 atom stereocenters. The van der Waals surface area contributed by atoms with Gasteiger partial charge < -0.3 is 14.8 Å². The van der Waals surface area contributed by atoms with E-state index in [1.807, 2.05) is 12.1 Å². The minimum Gasteiger partial charge on any atom is -0.496 e. The number of benzene rings is 2. The zero-order valence-corrected chi connectivity index (χ0v) is 12.7. The van der Waals surface area contributed by atoms with E-state index in [0.29, 0.717) is 6.61 Å². The molecule has 0 fully saturated rings. The number of nitrogens with one attached hydrogen (secondary N) is 1. The van der Waals surface area contributed by atoms with Crippen LogP contribution in [0.25, 0.3) is 10.8 Å². The summed E-state index contributed by atoms with van der Waals surface area (Å²) in [6, 6.07) is 12.5. The van der Waals surface area contributed by atoms with Crippen LogP contribution in [0.15, 0.2) is 36.4 Å². The highest BCUT2D eigenvalue weighted by Crippen LogP contribution is 2.28. The van der Waals surface area contributed by atoms with Crippen LogP contribution in [0.1, 0.15) is 19.4 Å². The molecule has 0 unspecified atom stereocenters. The number of ether oxygens (including phenoxy) is 2. The molecule has 1 N–H and O–H groups in total. The van der Waals surface area contributed by atoms with Crippen molar-refractivity contribution in [2.45, 2.75) is 25.9 Å². The minimum absolute atomic E-state index is 0.0459. The number of rotatable bonds is 6. The molecule has 0 spiro atoms. The molecule has 0 aliphatic rings. The van der Waals surface area contributed by atoms with Crippen LogP contribution in [-0.4, -0.2) is 26.4 Å². The molecule has 0 aromatic heterocycles. The van der Waals surface area contributed by atoms with Crippen molar-refractivity contribution in [3.63, 3.8) is 0 Å². The molecule has 0 amide bonds. The fourth-order valence-electron chi connectivity index (χ4n) is 2.41. The van der Waals surface area contributed by atoms with Crippen LogP contribution in [0, 0.1) is 0 Å². The summed E-state index contributed by atoms with van der Waals surface area (Å²) in [5, 5.41) is 5.92. The maximum atomic E-state index is 5.43. The summed E-state index contributed by atoms with van der Waals surface area (Å²) in [4.78, 5) is 0. The lowest BCUT2D eigenvalue weighted by molar-refractivity contribution is 0.128. The molecular weight excluding hydrogens is 250 g/mol. The highest BCUT2D eigenvalue weighted by Gasteiger charge is 2.17. The third-order valence-electron chi connectivity index (χ3n) is 3.46. The Kier molecular flexibility index (Phi) is 4.63. The standard InChI is InChI=1S/C17H23NO2/c1-17(2,12-19-3)18-11-13-9-10-16(20-4)15-8-6-5-7-14(13)15/h5-10,18H,11-12H2,1-4H3. The molecule has 3 nitrogen and oxygen atoms in total. The molecule has 0 saturated carbocycles. The number of fused-ring (bicyclic) bond motifs is 1. The first-order chi connectivity index (χ1) is 9.57. The van der Waals surface area contributed by atoms with E-state index in [9.17, 15) is 0 Å². The van der Waals surface area contributed by atoms with Crippen LogP contribution in [0.5, 0.6) is 5.75 Å². The first-order valence-corrected chi connectivity index (χ1v) is 6.86. The predicted octanol–water partition coefficient (Wildman–Crippen LogP) is 3.36. The van der Waals surface area contributed by atoms with Crippen LogP contribution in [0.3, 0.4) is 0 Å². The van der Waals surface area contributed by atoms with Gasteiger partial charge in [-0.25, -0.2) is 0 Å². The summed E-state index contributed by atoms with van der Waals surface area (Å²) in [7, 11) is 3.44. The molecule has 108 valence electrons. The van der Waals surface area contributed by atoms with Gasteiger partial charge in [-0.2, -0.15) is 0 Å². The molecule has 0 radical (unpaired) electrons. The maximum absolute atomic E-state index is 5.43. The first-order valence-electron chi connectivity index (χ1n) is 6.86. The lowest BCUT2D eigenvalue weighted by Crippen LogP contribution is -2.42. The Morgan fingerprint density at radius 2 is 1.70 bits per heavy atom. The van der Waals surface area contributed by atoms with Crippen LogP contribution >= 0.6 is 0 Å². The molecule has 2 aromatic rings. The SMILES string of the molecule is COCC(C)(C)NCc1ccc(OC)c2ccccc12. The molecule has 0 heterocycles. The highest BCUT2D eigenvalue weighted by molar-refractivity contribution is 5.91. The van der Waals surface area contributed by atoms with Crippen LogP contribution < -0.4 is 10.1 Å². The summed E-state index contributed by atoms with van der Waals surface area (Å²) in [6.45, 7) is 5.77. The van der Waals surface area contributed by atoms with Gasteiger partial charge in [-0.1, -0.05) is 30.3 Å². The zero-order chi connectivity index (χ0) is 14.6. The lowest BCUT2D eigenvalue weighted by atomic mass is 10.0. The molecule has 0 aliphatic carbocycles. The third kappa shape index (κ3) is 3.30. The molecule has 0 saturated heterocycles. The van der Waals surface area contributed by atoms with Gasteiger partial charge in [-0.3, -0.25) is 0 Å². The van der Waals surface area contributed by atoms with E-state index in [2.05, 4.69) is 43.4 Å². The molecule has 20 heavy (non-hydrogen) atoms. The van der Waals surface area contributed by atoms with Gasteiger partial charge in [0.2, 0.25) is 0 Å². The van der Waals surface area contributed by atoms with Gasteiger partial charge in [-0.15, -0.1) is 0 Å². The van der Waals surface area contributed by atoms with Gasteiger partial charge in [0, 0.05) is 24.6 Å². The van der Waals surface area contributed by atoms with Crippen molar-refractivity contribution in [1.29, 1.82) is 0 Å². The molecule has 3 heteroatoms. The predicted molar refractivity (Wildman–Crippen MR) is 83.3 cm³/mol. The lowest BCUT2D eigenvalue weighted by Gasteiger charge is -2.26. The largest absolute Gasteiger partial charge is 0.496 e. The van der Waals surface area contributed by atoms with Crippen molar-refractivity contribution in [3.8, 4) is 5.75 Å². The van der Waals surface area contributed by atoms with Crippen molar-refractivity contribution in [3.05, 3.63) is 42.0 Å². The Bertz CT molecular complexity index is 578. The average Bonchev–Trinajstić information content (AvgIpc) is 2.44. The van der Waals surface area contributed by atoms with Crippen LogP contribution in [-0.2, 0) is 11.3 Å². The van der Waals surface area contributed by atoms with Crippen LogP contribution in [0.2, 0.25) is 0 Å². The van der Waals surface area contributed by atoms with Gasteiger partial charge in [0.05, 0.1) is 13.7 Å². The van der Waals surface area contributed by atoms with Crippen molar-refractivity contribution < 1.29 is 9.47 Å².